The maximum atomic E-state index is 11.1. The van der Waals surface area contributed by atoms with E-state index in [2.05, 4.69) is 30.0 Å². The molecule has 1 aromatic rings. The Hall–Kier alpha value is -1.55. The molecule has 1 unspecified atom stereocenters. The van der Waals surface area contributed by atoms with E-state index < -0.39 is 0 Å². The summed E-state index contributed by atoms with van der Waals surface area (Å²) in [6.07, 6.45) is 3.19. The van der Waals surface area contributed by atoms with Crippen molar-refractivity contribution in [1.29, 1.82) is 0 Å². The van der Waals surface area contributed by atoms with Gasteiger partial charge < -0.3 is 14.8 Å². The molecule has 0 saturated heterocycles. The fraction of sp³-hybridized carbons (Fsp3) is 0.588. The number of para-hydroxylation sites is 1. The molecular weight excluding hydrogens is 266 g/mol. The molecule has 0 aliphatic carbocycles. The van der Waals surface area contributed by atoms with Crippen LogP contribution in [0.2, 0.25) is 0 Å². The second-order valence-corrected chi connectivity index (χ2v) is 4.98. The quantitative estimate of drug-likeness (QED) is 0.530. The fourth-order valence-corrected chi connectivity index (χ4v) is 2.19. The Morgan fingerprint density at radius 1 is 1.29 bits per heavy atom. The number of carbonyl (C=O) groups excluding carboxylic acids is 1. The van der Waals surface area contributed by atoms with E-state index in [1.807, 2.05) is 18.2 Å². The Balaban J connectivity index is 2.59. The average molecular weight is 293 g/mol. The lowest BCUT2D eigenvalue weighted by atomic mass is 10.0. The summed E-state index contributed by atoms with van der Waals surface area (Å²) in [5, 5.41) is 3.54. The average Bonchev–Trinajstić information content (AvgIpc) is 2.53. The number of carbonyl (C=O) groups is 1. The fourth-order valence-electron chi connectivity index (χ4n) is 2.19. The molecule has 0 aliphatic rings. The highest BCUT2D eigenvalue weighted by Crippen LogP contribution is 2.27. The standard InChI is InChI=1S/C17H27NO3/c1-4-12-18-15(5-2)14-9-6-7-10-16(14)21-13-8-11-17(19)20-3/h6-7,9-10,15,18H,4-5,8,11-13H2,1-3H3. The van der Waals surface area contributed by atoms with Gasteiger partial charge in [-0.05, 0) is 31.9 Å². The number of rotatable bonds is 10. The van der Waals surface area contributed by atoms with Crippen LogP contribution in [0.3, 0.4) is 0 Å². The minimum atomic E-state index is -0.192. The Morgan fingerprint density at radius 3 is 2.71 bits per heavy atom. The molecule has 1 rings (SSSR count). The summed E-state index contributed by atoms with van der Waals surface area (Å²) in [6.45, 7) is 5.85. The van der Waals surface area contributed by atoms with E-state index in [1.54, 1.807) is 0 Å². The Labute approximate surface area is 127 Å². The number of methoxy groups -OCH3 is 1. The van der Waals surface area contributed by atoms with Crippen LogP contribution in [0, 0.1) is 0 Å². The van der Waals surface area contributed by atoms with Crippen molar-refractivity contribution in [3.63, 3.8) is 0 Å². The topological polar surface area (TPSA) is 47.6 Å². The zero-order chi connectivity index (χ0) is 15.5. The molecule has 21 heavy (non-hydrogen) atoms. The molecule has 1 aromatic carbocycles. The van der Waals surface area contributed by atoms with Crippen LogP contribution in [-0.4, -0.2) is 26.2 Å². The van der Waals surface area contributed by atoms with E-state index in [4.69, 9.17) is 4.74 Å². The molecule has 0 heterocycles. The third-order valence-corrected chi connectivity index (χ3v) is 3.35. The third kappa shape index (κ3) is 6.17. The Morgan fingerprint density at radius 2 is 2.05 bits per heavy atom. The molecule has 0 spiro atoms. The van der Waals surface area contributed by atoms with Gasteiger partial charge in [0.15, 0.2) is 0 Å². The van der Waals surface area contributed by atoms with Gasteiger partial charge in [-0.3, -0.25) is 4.79 Å². The van der Waals surface area contributed by atoms with Crippen LogP contribution in [0.15, 0.2) is 24.3 Å². The molecule has 4 nitrogen and oxygen atoms in total. The van der Waals surface area contributed by atoms with Crippen molar-refractivity contribution in [3.05, 3.63) is 29.8 Å². The first-order valence-corrected chi connectivity index (χ1v) is 7.74. The summed E-state index contributed by atoms with van der Waals surface area (Å²) < 4.78 is 10.5. The van der Waals surface area contributed by atoms with Crippen LogP contribution in [0.4, 0.5) is 0 Å². The van der Waals surface area contributed by atoms with Crippen molar-refractivity contribution in [1.82, 2.24) is 5.32 Å². The van der Waals surface area contributed by atoms with Crippen LogP contribution >= 0.6 is 0 Å². The van der Waals surface area contributed by atoms with E-state index in [9.17, 15) is 4.79 Å². The van der Waals surface area contributed by atoms with Gasteiger partial charge in [-0.1, -0.05) is 32.0 Å². The number of nitrogens with one attached hydrogen (secondary N) is 1. The van der Waals surface area contributed by atoms with Gasteiger partial charge in [0.05, 0.1) is 13.7 Å². The molecule has 1 atom stereocenters. The van der Waals surface area contributed by atoms with Crippen molar-refractivity contribution in [2.24, 2.45) is 0 Å². The SMILES string of the molecule is CCCNC(CC)c1ccccc1OCCCC(=O)OC. The van der Waals surface area contributed by atoms with Gasteiger partial charge in [-0.15, -0.1) is 0 Å². The first kappa shape index (κ1) is 17.5. The van der Waals surface area contributed by atoms with E-state index in [-0.39, 0.29) is 5.97 Å². The van der Waals surface area contributed by atoms with Gasteiger partial charge in [0, 0.05) is 18.0 Å². The molecule has 0 saturated carbocycles. The monoisotopic (exact) mass is 293 g/mol. The molecule has 118 valence electrons. The van der Waals surface area contributed by atoms with E-state index in [0.29, 0.717) is 25.5 Å². The van der Waals surface area contributed by atoms with Crippen LogP contribution in [0.1, 0.15) is 51.1 Å². The lowest BCUT2D eigenvalue weighted by molar-refractivity contribution is -0.140. The molecule has 0 fully saturated rings. The molecule has 4 heteroatoms. The minimum Gasteiger partial charge on any atom is -0.493 e. The summed E-state index contributed by atoms with van der Waals surface area (Å²) >= 11 is 0. The Bertz CT molecular complexity index is 420. The van der Waals surface area contributed by atoms with Gasteiger partial charge in [-0.25, -0.2) is 0 Å². The van der Waals surface area contributed by atoms with E-state index in [1.165, 1.54) is 12.7 Å². The number of esters is 1. The van der Waals surface area contributed by atoms with Crippen molar-refractivity contribution >= 4 is 5.97 Å². The smallest absolute Gasteiger partial charge is 0.305 e. The zero-order valence-corrected chi connectivity index (χ0v) is 13.4. The second-order valence-electron chi connectivity index (χ2n) is 4.98. The molecule has 0 aliphatic heterocycles. The molecule has 0 amide bonds. The van der Waals surface area contributed by atoms with Crippen LogP contribution < -0.4 is 10.1 Å². The number of hydrogen-bond acceptors (Lipinski definition) is 4. The van der Waals surface area contributed by atoms with Gasteiger partial charge in [0.1, 0.15) is 5.75 Å². The predicted octanol–water partition coefficient (Wildman–Crippen LogP) is 3.47. The highest BCUT2D eigenvalue weighted by Gasteiger charge is 2.13. The van der Waals surface area contributed by atoms with Crippen molar-refractivity contribution < 1.29 is 14.3 Å². The van der Waals surface area contributed by atoms with Gasteiger partial charge in [-0.2, -0.15) is 0 Å². The summed E-state index contributed by atoms with van der Waals surface area (Å²) in [4.78, 5) is 11.1. The first-order valence-electron chi connectivity index (χ1n) is 7.74. The lowest BCUT2D eigenvalue weighted by Gasteiger charge is -2.20. The largest absolute Gasteiger partial charge is 0.493 e. The van der Waals surface area contributed by atoms with E-state index in [0.717, 1.165) is 25.1 Å². The summed E-state index contributed by atoms with van der Waals surface area (Å²) in [5.41, 5.74) is 1.19. The molecule has 0 radical (unpaired) electrons. The van der Waals surface area contributed by atoms with Crippen molar-refractivity contribution in [2.45, 2.75) is 45.6 Å². The summed E-state index contributed by atoms with van der Waals surface area (Å²) in [6, 6.07) is 8.41. The highest BCUT2D eigenvalue weighted by molar-refractivity contribution is 5.69. The first-order chi connectivity index (χ1) is 10.2. The molecule has 0 aromatic heterocycles. The van der Waals surface area contributed by atoms with Gasteiger partial charge in [0.2, 0.25) is 0 Å². The predicted molar refractivity (Wildman–Crippen MR) is 84.5 cm³/mol. The molecule has 1 N–H and O–H groups in total. The van der Waals surface area contributed by atoms with Crippen LogP contribution in [0.5, 0.6) is 5.75 Å². The maximum absolute atomic E-state index is 11.1. The minimum absolute atomic E-state index is 0.192. The Kier molecular flexibility index (Phi) is 8.51. The molecular formula is C17H27NO3. The van der Waals surface area contributed by atoms with Crippen LogP contribution in [0.25, 0.3) is 0 Å². The molecule has 0 bridgehead atoms. The van der Waals surface area contributed by atoms with Crippen LogP contribution in [-0.2, 0) is 9.53 Å². The highest BCUT2D eigenvalue weighted by atomic mass is 16.5. The number of benzene rings is 1. The van der Waals surface area contributed by atoms with Gasteiger partial charge in [0.25, 0.3) is 0 Å². The van der Waals surface area contributed by atoms with Crippen molar-refractivity contribution in [3.8, 4) is 5.75 Å². The summed E-state index contributed by atoms with van der Waals surface area (Å²) in [5.74, 6) is 0.709. The normalized spacial score (nSPS) is 12.0. The lowest BCUT2D eigenvalue weighted by Crippen LogP contribution is -2.22. The summed E-state index contributed by atoms with van der Waals surface area (Å²) in [7, 11) is 1.41. The number of hydrogen-bond donors (Lipinski definition) is 1. The zero-order valence-electron chi connectivity index (χ0n) is 13.4. The van der Waals surface area contributed by atoms with E-state index >= 15 is 0 Å². The number of ether oxygens (including phenoxy) is 2. The third-order valence-electron chi connectivity index (χ3n) is 3.35. The van der Waals surface area contributed by atoms with Gasteiger partial charge >= 0.3 is 5.97 Å². The second kappa shape index (κ2) is 10.2. The van der Waals surface area contributed by atoms with Crippen molar-refractivity contribution in [2.75, 3.05) is 20.3 Å². The maximum Gasteiger partial charge on any atom is 0.305 e.